The lowest BCUT2D eigenvalue weighted by Crippen LogP contribution is -2.34. The number of rotatable bonds is 8. The minimum Gasteiger partial charge on any atom is -0.493 e. The van der Waals surface area contributed by atoms with Crippen LogP contribution in [0.3, 0.4) is 0 Å². The molecule has 2 rings (SSSR count). The second-order valence-electron chi connectivity index (χ2n) is 7.37. The number of benzene rings is 1. The van der Waals surface area contributed by atoms with E-state index in [0.717, 1.165) is 49.8 Å². The number of unbranched alkanes of at least 4 members (excludes halogenated alkanes) is 1. The molecule has 1 N–H and O–H groups in total. The summed E-state index contributed by atoms with van der Waals surface area (Å²) in [6.07, 6.45) is 8.58. The van der Waals surface area contributed by atoms with Crippen molar-refractivity contribution in [1.82, 2.24) is 4.72 Å². The maximum Gasteiger partial charge on any atom is 0.240 e. The van der Waals surface area contributed by atoms with Crippen molar-refractivity contribution in [3.63, 3.8) is 0 Å². The van der Waals surface area contributed by atoms with Crippen LogP contribution in [0.5, 0.6) is 5.75 Å². The van der Waals surface area contributed by atoms with Crippen molar-refractivity contribution < 1.29 is 13.2 Å². The molecule has 0 aromatic heterocycles. The quantitative estimate of drug-likeness (QED) is 0.520. The van der Waals surface area contributed by atoms with Gasteiger partial charge in [-0.05, 0) is 48.9 Å². The summed E-state index contributed by atoms with van der Waals surface area (Å²) >= 11 is 0. The fraction of sp³-hybridized carbons (Fsp3) is 0.700. The zero-order valence-electron chi connectivity index (χ0n) is 15.9. The molecule has 0 amide bonds. The van der Waals surface area contributed by atoms with Gasteiger partial charge in [0.05, 0.1) is 11.5 Å². The molecule has 1 aromatic rings. The van der Waals surface area contributed by atoms with Gasteiger partial charge in [0.2, 0.25) is 10.0 Å². The van der Waals surface area contributed by atoms with Gasteiger partial charge >= 0.3 is 0 Å². The third-order valence-electron chi connectivity index (χ3n) is 4.85. The number of ether oxygens (including phenoxy) is 1. The average molecular weight is 368 g/mol. The SMILES string of the molecule is CCCCOc1ccc(S(=O)(=O)NC2CCCCCC2)cc1C(C)C. The molecule has 1 aliphatic rings. The molecule has 142 valence electrons. The van der Waals surface area contributed by atoms with Crippen molar-refractivity contribution in [1.29, 1.82) is 0 Å². The molecule has 0 aliphatic heterocycles. The summed E-state index contributed by atoms with van der Waals surface area (Å²) < 4.78 is 34.4. The topological polar surface area (TPSA) is 55.4 Å². The Bertz CT molecular complexity index is 632. The van der Waals surface area contributed by atoms with Crippen LogP contribution in [0.25, 0.3) is 0 Å². The molecule has 0 atom stereocenters. The number of sulfonamides is 1. The van der Waals surface area contributed by atoms with E-state index in [9.17, 15) is 8.42 Å². The Labute approximate surface area is 153 Å². The van der Waals surface area contributed by atoms with E-state index in [4.69, 9.17) is 4.74 Å². The molecule has 1 aliphatic carbocycles. The third kappa shape index (κ3) is 6.00. The highest BCUT2D eigenvalue weighted by molar-refractivity contribution is 7.89. The van der Waals surface area contributed by atoms with Crippen LogP contribution in [0.15, 0.2) is 23.1 Å². The Morgan fingerprint density at radius 2 is 1.84 bits per heavy atom. The largest absolute Gasteiger partial charge is 0.493 e. The lowest BCUT2D eigenvalue weighted by atomic mass is 10.0. The van der Waals surface area contributed by atoms with Gasteiger partial charge in [-0.25, -0.2) is 13.1 Å². The minimum absolute atomic E-state index is 0.0653. The molecule has 5 heteroatoms. The molecule has 25 heavy (non-hydrogen) atoms. The van der Waals surface area contributed by atoms with Crippen molar-refractivity contribution in [2.45, 2.75) is 89.0 Å². The third-order valence-corrected chi connectivity index (χ3v) is 6.36. The van der Waals surface area contributed by atoms with Crippen molar-refractivity contribution in [2.75, 3.05) is 6.61 Å². The average Bonchev–Trinajstić information content (AvgIpc) is 2.83. The first kappa shape index (κ1) is 20.2. The first-order chi connectivity index (χ1) is 11.9. The zero-order chi connectivity index (χ0) is 18.3. The summed E-state index contributed by atoms with van der Waals surface area (Å²) in [5.74, 6) is 1.02. The fourth-order valence-electron chi connectivity index (χ4n) is 3.29. The Hall–Kier alpha value is -1.07. The number of nitrogens with one attached hydrogen (secondary N) is 1. The van der Waals surface area contributed by atoms with Crippen molar-refractivity contribution in [3.8, 4) is 5.75 Å². The Morgan fingerprint density at radius 1 is 1.16 bits per heavy atom. The molecule has 1 fully saturated rings. The summed E-state index contributed by atoms with van der Waals surface area (Å²) in [4.78, 5) is 0.350. The van der Waals surface area contributed by atoms with Crippen LogP contribution in [-0.2, 0) is 10.0 Å². The smallest absolute Gasteiger partial charge is 0.240 e. The van der Waals surface area contributed by atoms with Gasteiger partial charge in [0, 0.05) is 6.04 Å². The Balaban J connectivity index is 2.17. The van der Waals surface area contributed by atoms with Crippen LogP contribution in [0.1, 0.15) is 83.6 Å². The Kier molecular flexibility index (Phi) is 7.76. The molecule has 0 unspecified atom stereocenters. The van der Waals surface area contributed by atoms with E-state index in [1.807, 2.05) is 6.07 Å². The van der Waals surface area contributed by atoms with E-state index in [1.54, 1.807) is 12.1 Å². The van der Waals surface area contributed by atoms with Gasteiger partial charge in [-0.15, -0.1) is 0 Å². The number of hydrogen-bond acceptors (Lipinski definition) is 3. The summed E-state index contributed by atoms with van der Waals surface area (Å²) in [6.45, 7) is 6.93. The van der Waals surface area contributed by atoms with Crippen molar-refractivity contribution in [2.24, 2.45) is 0 Å². The second-order valence-corrected chi connectivity index (χ2v) is 9.08. The van der Waals surface area contributed by atoms with Crippen LogP contribution in [0.2, 0.25) is 0 Å². The molecule has 0 saturated heterocycles. The van der Waals surface area contributed by atoms with Gasteiger partial charge in [0.1, 0.15) is 5.75 Å². The highest BCUT2D eigenvalue weighted by atomic mass is 32.2. The van der Waals surface area contributed by atoms with Crippen LogP contribution in [0.4, 0.5) is 0 Å². The predicted octanol–water partition coefficient (Wildman–Crippen LogP) is 4.99. The van der Waals surface area contributed by atoms with E-state index in [-0.39, 0.29) is 12.0 Å². The summed E-state index contributed by atoms with van der Waals surface area (Å²) in [5, 5.41) is 0. The first-order valence-corrected chi connectivity index (χ1v) is 11.2. The van der Waals surface area contributed by atoms with E-state index < -0.39 is 10.0 Å². The summed E-state index contributed by atoms with van der Waals surface area (Å²) in [7, 11) is -3.48. The summed E-state index contributed by atoms with van der Waals surface area (Å²) in [5.41, 5.74) is 0.958. The standard InChI is InChI=1S/C20H33NO3S/c1-4-5-14-24-20-13-12-18(15-19(20)16(2)3)25(22,23)21-17-10-8-6-7-9-11-17/h12-13,15-17,21H,4-11,14H2,1-3H3. The normalized spacial score (nSPS) is 16.8. The van der Waals surface area contributed by atoms with Gasteiger partial charge in [-0.1, -0.05) is 52.9 Å². The predicted molar refractivity (Wildman–Crippen MR) is 103 cm³/mol. The van der Waals surface area contributed by atoms with Gasteiger partial charge < -0.3 is 4.74 Å². The molecule has 0 bridgehead atoms. The Morgan fingerprint density at radius 3 is 2.44 bits per heavy atom. The van der Waals surface area contributed by atoms with Gasteiger partial charge in [0.15, 0.2) is 0 Å². The zero-order valence-corrected chi connectivity index (χ0v) is 16.7. The maximum atomic E-state index is 12.8. The van der Waals surface area contributed by atoms with Crippen LogP contribution >= 0.6 is 0 Å². The maximum absolute atomic E-state index is 12.8. The highest BCUT2D eigenvalue weighted by Crippen LogP contribution is 2.30. The lowest BCUT2D eigenvalue weighted by molar-refractivity contribution is 0.305. The molecular formula is C20H33NO3S. The van der Waals surface area contributed by atoms with Crippen LogP contribution in [-0.4, -0.2) is 21.1 Å². The first-order valence-electron chi connectivity index (χ1n) is 9.73. The molecule has 0 heterocycles. The van der Waals surface area contributed by atoms with E-state index in [0.29, 0.717) is 11.5 Å². The van der Waals surface area contributed by atoms with Gasteiger partial charge in [-0.3, -0.25) is 0 Å². The molecule has 4 nitrogen and oxygen atoms in total. The molecule has 1 aromatic carbocycles. The second kappa shape index (κ2) is 9.58. The van der Waals surface area contributed by atoms with Gasteiger partial charge in [0.25, 0.3) is 0 Å². The molecular weight excluding hydrogens is 334 g/mol. The van der Waals surface area contributed by atoms with Crippen molar-refractivity contribution in [3.05, 3.63) is 23.8 Å². The molecule has 0 radical (unpaired) electrons. The monoisotopic (exact) mass is 367 g/mol. The van der Waals surface area contributed by atoms with Gasteiger partial charge in [-0.2, -0.15) is 0 Å². The van der Waals surface area contributed by atoms with E-state index in [2.05, 4.69) is 25.5 Å². The minimum atomic E-state index is -3.48. The van der Waals surface area contributed by atoms with Crippen LogP contribution in [0, 0.1) is 0 Å². The van der Waals surface area contributed by atoms with E-state index in [1.165, 1.54) is 12.8 Å². The highest BCUT2D eigenvalue weighted by Gasteiger charge is 2.22. The fourth-order valence-corrected chi connectivity index (χ4v) is 4.63. The molecule has 0 spiro atoms. The van der Waals surface area contributed by atoms with Crippen molar-refractivity contribution >= 4 is 10.0 Å². The van der Waals surface area contributed by atoms with E-state index >= 15 is 0 Å². The van der Waals surface area contributed by atoms with Crippen LogP contribution < -0.4 is 9.46 Å². The number of hydrogen-bond donors (Lipinski definition) is 1. The summed E-state index contributed by atoms with van der Waals surface area (Å²) in [6, 6.07) is 5.33. The lowest BCUT2D eigenvalue weighted by Gasteiger charge is -2.19. The molecule has 1 saturated carbocycles.